The van der Waals surface area contributed by atoms with Crippen molar-refractivity contribution in [2.45, 2.75) is 32.9 Å². The van der Waals surface area contributed by atoms with Gasteiger partial charge >= 0.3 is 0 Å². The fourth-order valence-electron chi connectivity index (χ4n) is 3.14. The summed E-state index contributed by atoms with van der Waals surface area (Å²) in [5, 5.41) is 3.89. The van der Waals surface area contributed by atoms with Crippen molar-refractivity contribution in [2.24, 2.45) is 0 Å². The molecule has 1 heterocycles. The summed E-state index contributed by atoms with van der Waals surface area (Å²) in [5.41, 5.74) is 2.75. The van der Waals surface area contributed by atoms with Gasteiger partial charge in [-0.25, -0.2) is 0 Å². The normalized spacial score (nSPS) is 12.1. The molecule has 0 spiro atoms. The van der Waals surface area contributed by atoms with Crippen LogP contribution in [0.1, 0.15) is 36.3 Å². The number of carbonyl (C=O) groups excluding carboxylic acids is 1. The second kappa shape index (κ2) is 9.42. The van der Waals surface area contributed by atoms with E-state index in [-0.39, 0.29) is 12.0 Å². The standard InChI is InChI=1S/C23H28N2O3/c1-4-17(2)28-22-12-8-11-20-19(22)15-21(23(26)24-13-14-27-3)25(20)16-18-9-6-5-7-10-18/h5-12,15,17H,4,13-14,16H2,1-3H3,(H,24,26). The van der Waals surface area contributed by atoms with Gasteiger partial charge in [0.25, 0.3) is 5.91 Å². The maximum atomic E-state index is 12.9. The Hall–Kier alpha value is -2.79. The van der Waals surface area contributed by atoms with Crippen LogP contribution in [-0.4, -0.2) is 36.8 Å². The van der Waals surface area contributed by atoms with E-state index in [2.05, 4.69) is 35.9 Å². The first-order valence-electron chi connectivity index (χ1n) is 9.74. The molecule has 3 rings (SSSR count). The lowest BCUT2D eigenvalue weighted by Gasteiger charge is -2.14. The molecule has 0 saturated carbocycles. The quantitative estimate of drug-likeness (QED) is 0.565. The van der Waals surface area contributed by atoms with Crippen molar-refractivity contribution in [1.29, 1.82) is 0 Å². The Balaban J connectivity index is 2.03. The third kappa shape index (κ3) is 4.54. The van der Waals surface area contributed by atoms with Gasteiger partial charge in [0.2, 0.25) is 0 Å². The first-order valence-corrected chi connectivity index (χ1v) is 9.74. The molecule has 2 aromatic carbocycles. The molecule has 5 heteroatoms. The van der Waals surface area contributed by atoms with E-state index >= 15 is 0 Å². The Bertz CT molecular complexity index is 918. The highest BCUT2D eigenvalue weighted by Gasteiger charge is 2.18. The van der Waals surface area contributed by atoms with Crippen LogP contribution >= 0.6 is 0 Å². The number of hydrogen-bond acceptors (Lipinski definition) is 3. The topological polar surface area (TPSA) is 52.5 Å². The molecule has 0 aliphatic heterocycles. The molecule has 3 aromatic rings. The van der Waals surface area contributed by atoms with Crippen LogP contribution < -0.4 is 10.1 Å². The Kier molecular flexibility index (Phi) is 6.71. The SMILES string of the molecule is CCC(C)Oc1cccc2c1cc(C(=O)NCCOC)n2Cc1ccccc1. The summed E-state index contributed by atoms with van der Waals surface area (Å²) in [5.74, 6) is 0.697. The van der Waals surface area contributed by atoms with Gasteiger partial charge in [0, 0.05) is 25.6 Å². The molecule has 1 atom stereocenters. The average Bonchev–Trinajstić information content (AvgIpc) is 3.08. The minimum atomic E-state index is -0.112. The van der Waals surface area contributed by atoms with E-state index in [1.807, 2.05) is 42.5 Å². The molecule has 1 amide bonds. The number of amides is 1. The molecule has 1 N–H and O–H groups in total. The minimum absolute atomic E-state index is 0.112. The van der Waals surface area contributed by atoms with Gasteiger partial charge in [0.15, 0.2) is 0 Å². The number of benzene rings is 2. The van der Waals surface area contributed by atoms with Gasteiger partial charge < -0.3 is 19.4 Å². The van der Waals surface area contributed by atoms with Crippen molar-refractivity contribution in [3.05, 3.63) is 65.9 Å². The van der Waals surface area contributed by atoms with Crippen LogP contribution in [0.5, 0.6) is 5.75 Å². The summed E-state index contributed by atoms with van der Waals surface area (Å²) in [6.45, 7) is 5.72. The van der Waals surface area contributed by atoms with Crippen molar-refractivity contribution in [3.63, 3.8) is 0 Å². The van der Waals surface area contributed by atoms with Gasteiger partial charge in [-0.3, -0.25) is 4.79 Å². The van der Waals surface area contributed by atoms with Gasteiger partial charge in [-0.2, -0.15) is 0 Å². The Labute approximate surface area is 166 Å². The second-order valence-corrected chi connectivity index (χ2v) is 6.88. The summed E-state index contributed by atoms with van der Waals surface area (Å²) in [4.78, 5) is 12.9. The zero-order valence-electron chi connectivity index (χ0n) is 16.8. The van der Waals surface area contributed by atoms with E-state index in [4.69, 9.17) is 9.47 Å². The highest BCUT2D eigenvalue weighted by molar-refractivity contribution is 6.00. The van der Waals surface area contributed by atoms with E-state index in [1.54, 1.807) is 7.11 Å². The van der Waals surface area contributed by atoms with Gasteiger partial charge in [0.05, 0.1) is 18.2 Å². The van der Waals surface area contributed by atoms with Gasteiger partial charge in [0.1, 0.15) is 11.4 Å². The fraction of sp³-hybridized carbons (Fsp3) is 0.348. The maximum absolute atomic E-state index is 12.9. The van der Waals surface area contributed by atoms with Gasteiger partial charge in [-0.1, -0.05) is 43.3 Å². The summed E-state index contributed by atoms with van der Waals surface area (Å²) in [6.07, 6.45) is 1.04. The number of fused-ring (bicyclic) bond motifs is 1. The molecule has 1 aromatic heterocycles. The van der Waals surface area contributed by atoms with Crippen molar-refractivity contribution in [3.8, 4) is 5.75 Å². The van der Waals surface area contributed by atoms with Gasteiger partial charge in [-0.15, -0.1) is 0 Å². The van der Waals surface area contributed by atoms with Gasteiger partial charge in [-0.05, 0) is 37.1 Å². The van der Waals surface area contributed by atoms with E-state index in [1.165, 1.54) is 0 Å². The average molecular weight is 380 g/mol. The number of nitrogens with zero attached hydrogens (tertiary/aromatic N) is 1. The van der Waals surface area contributed by atoms with Crippen LogP contribution in [-0.2, 0) is 11.3 Å². The predicted molar refractivity (Wildman–Crippen MR) is 112 cm³/mol. The molecule has 0 bridgehead atoms. The largest absolute Gasteiger partial charge is 0.490 e. The monoisotopic (exact) mass is 380 g/mol. The number of carbonyl (C=O) groups is 1. The molecule has 28 heavy (non-hydrogen) atoms. The maximum Gasteiger partial charge on any atom is 0.268 e. The zero-order valence-corrected chi connectivity index (χ0v) is 16.8. The number of hydrogen-bond donors (Lipinski definition) is 1. The molecule has 0 fully saturated rings. The van der Waals surface area contributed by atoms with E-state index in [9.17, 15) is 4.79 Å². The molecule has 0 aliphatic carbocycles. The molecular weight excluding hydrogens is 352 g/mol. The first-order chi connectivity index (χ1) is 13.6. The molecule has 0 aliphatic rings. The zero-order chi connectivity index (χ0) is 19.9. The van der Waals surface area contributed by atoms with Crippen molar-refractivity contribution < 1.29 is 14.3 Å². The van der Waals surface area contributed by atoms with E-state index in [0.29, 0.717) is 25.4 Å². The number of nitrogens with one attached hydrogen (secondary N) is 1. The number of methoxy groups -OCH3 is 1. The summed E-state index contributed by atoms with van der Waals surface area (Å²) >= 11 is 0. The molecule has 0 saturated heterocycles. The number of rotatable bonds is 9. The lowest BCUT2D eigenvalue weighted by atomic mass is 10.2. The first kappa shape index (κ1) is 20.0. The lowest BCUT2D eigenvalue weighted by Crippen LogP contribution is -2.29. The fourth-order valence-corrected chi connectivity index (χ4v) is 3.14. The Morgan fingerprint density at radius 3 is 2.64 bits per heavy atom. The molecular formula is C23H28N2O3. The van der Waals surface area contributed by atoms with Crippen LogP contribution in [0, 0.1) is 0 Å². The highest BCUT2D eigenvalue weighted by Crippen LogP contribution is 2.30. The van der Waals surface area contributed by atoms with Crippen molar-refractivity contribution in [1.82, 2.24) is 9.88 Å². The third-order valence-electron chi connectivity index (χ3n) is 4.82. The number of ether oxygens (including phenoxy) is 2. The molecule has 5 nitrogen and oxygen atoms in total. The van der Waals surface area contributed by atoms with Crippen LogP contribution in [0.2, 0.25) is 0 Å². The molecule has 0 radical (unpaired) electrons. The van der Waals surface area contributed by atoms with Crippen molar-refractivity contribution in [2.75, 3.05) is 20.3 Å². The summed E-state index contributed by atoms with van der Waals surface area (Å²) < 4.78 is 13.2. The Morgan fingerprint density at radius 2 is 1.93 bits per heavy atom. The third-order valence-corrected chi connectivity index (χ3v) is 4.82. The number of aromatic nitrogens is 1. The van der Waals surface area contributed by atoms with Crippen LogP contribution in [0.15, 0.2) is 54.6 Å². The molecule has 1 unspecified atom stereocenters. The Morgan fingerprint density at radius 1 is 1.14 bits per heavy atom. The summed E-state index contributed by atoms with van der Waals surface area (Å²) in [6, 6.07) is 18.1. The lowest BCUT2D eigenvalue weighted by molar-refractivity contribution is 0.0928. The second-order valence-electron chi connectivity index (χ2n) is 6.88. The smallest absolute Gasteiger partial charge is 0.268 e. The van der Waals surface area contributed by atoms with Crippen LogP contribution in [0.25, 0.3) is 10.9 Å². The van der Waals surface area contributed by atoms with Crippen LogP contribution in [0.3, 0.4) is 0 Å². The van der Waals surface area contributed by atoms with E-state index < -0.39 is 0 Å². The predicted octanol–water partition coefficient (Wildman–Crippen LogP) is 4.24. The highest BCUT2D eigenvalue weighted by atomic mass is 16.5. The van der Waals surface area contributed by atoms with Crippen molar-refractivity contribution >= 4 is 16.8 Å². The molecule has 148 valence electrons. The van der Waals surface area contributed by atoms with Crippen LogP contribution in [0.4, 0.5) is 0 Å². The van der Waals surface area contributed by atoms with E-state index in [0.717, 1.165) is 28.6 Å². The minimum Gasteiger partial charge on any atom is -0.490 e. The summed E-state index contributed by atoms with van der Waals surface area (Å²) in [7, 11) is 1.62.